The zero-order chi connectivity index (χ0) is 18.7. The number of hydrogen-bond acceptors (Lipinski definition) is 7. The molecule has 7 nitrogen and oxygen atoms in total. The molecule has 0 saturated carbocycles. The normalized spacial score (nSPS) is 15.8. The number of thioether (sulfide) groups is 1. The first-order chi connectivity index (χ1) is 12.6. The van der Waals surface area contributed by atoms with Gasteiger partial charge >= 0.3 is 5.97 Å². The molecule has 0 fully saturated rings. The Hall–Kier alpha value is -2.87. The van der Waals surface area contributed by atoms with Crippen LogP contribution in [0.15, 0.2) is 58.4 Å². The van der Waals surface area contributed by atoms with Gasteiger partial charge in [-0.3, -0.25) is 9.78 Å². The zero-order valence-electron chi connectivity index (χ0n) is 14.4. The summed E-state index contributed by atoms with van der Waals surface area (Å²) in [6.45, 7) is 5.43. The van der Waals surface area contributed by atoms with Crippen LogP contribution in [-0.2, 0) is 9.53 Å². The topological polar surface area (TPSA) is 97.0 Å². The SMILES string of the molecule is C=CCSc1nc2c(c(=O)[nH]1)C(c1ccncc1)C(C(=O)OC)=C(C)N2. The van der Waals surface area contributed by atoms with Crippen LogP contribution in [0.1, 0.15) is 24.0 Å². The maximum Gasteiger partial charge on any atom is 0.336 e. The van der Waals surface area contributed by atoms with Crippen LogP contribution < -0.4 is 10.9 Å². The van der Waals surface area contributed by atoms with Gasteiger partial charge in [-0.2, -0.15) is 0 Å². The van der Waals surface area contributed by atoms with E-state index >= 15 is 0 Å². The van der Waals surface area contributed by atoms with Crippen LogP contribution in [0.4, 0.5) is 5.82 Å². The maximum atomic E-state index is 12.8. The summed E-state index contributed by atoms with van der Waals surface area (Å²) in [4.78, 5) is 36.5. The summed E-state index contributed by atoms with van der Waals surface area (Å²) in [5.74, 6) is -0.0202. The van der Waals surface area contributed by atoms with Crippen molar-refractivity contribution in [1.82, 2.24) is 15.0 Å². The fourth-order valence-corrected chi connectivity index (χ4v) is 3.50. The molecule has 0 aliphatic carbocycles. The Morgan fingerprint density at radius 3 is 2.81 bits per heavy atom. The van der Waals surface area contributed by atoms with Gasteiger partial charge in [-0.15, -0.1) is 6.58 Å². The number of hydrogen-bond donors (Lipinski definition) is 2. The van der Waals surface area contributed by atoms with Crippen molar-refractivity contribution in [2.75, 3.05) is 18.2 Å². The Balaban J connectivity index is 2.20. The monoisotopic (exact) mass is 370 g/mol. The van der Waals surface area contributed by atoms with E-state index in [1.807, 2.05) is 0 Å². The van der Waals surface area contributed by atoms with Crippen molar-refractivity contribution >= 4 is 23.5 Å². The number of anilines is 1. The molecule has 2 aromatic rings. The summed E-state index contributed by atoms with van der Waals surface area (Å²) in [6, 6.07) is 3.55. The van der Waals surface area contributed by atoms with E-state index in [1.54, 1.807) is 37.5 Å². The Bertz CT molecular complexity index is 937. The van der Waals surface area contributed by atoms with Gasteiger partial charge in [0.05, 0.1) is 24.2 Å². The third kappa shape index (κ3) is 3.28. The minimum atomic E-state index is -0.587. The smallest absolute Gasteiger partial charge is 0.336 e. The molecule has 2 aromatic heterocycles. The Kier molecular flexibility index (Phi) is 5.22. The van der Waals surface area contributed by atoms with E-state index < -0.39 is 11.9 Å². The van der Waals surface area contributed by atoms with Gasteiger partial charge in [0.15, 0.2) is 5.16 Å². The van der Waals surface area contributed by atoms with E-state index in [-0.39, 0.29) is 5.56 Å². The predicted molar refractivity (Wildman–Crippen MR) is 100 cm³/mol. The summed E-state index contributed by atoms with van der Waals surface area (Å²) in [5.41, 5.74) is 1.82. The van der Waals surface area contributed by atoms with Gasteiger partial charge in [-0.1, -0.05) is 17.8 Å². The maximum absolute atomic E-state index is 12.8. The highest BCUT2D eigenvalue weighted by molar-refractivity contribution is 7.99. The van der Waals surface area contributed by atoms with Gasteiger partial charge in [0.25, 0.3) is 5.56 Å². The summed E-state index contributed by atoms with van der Waals surface area (Å²) in [7, 11) is 1.32. The molecular formula is C18H18N4O3S. The van der Waals surface area contributed by atoms with E-state index in [2.05, 4.69) is 26.8 Å². The number of esters is 1. The first kappa shape index (κ1) is 17.9. The molecule has 1 atom stereocenters. The molecule has 2 N–H and O–H groups in total. The van der Waals surface area contributed by atoms with Crippen LogP contribution in [0.2, 0.25) is 0 Å². The van der Waals surface area contributed by atoms with Crippen LogP contribution in [0.25, 0.3) is 0 Å². The van der Waals surface area contributed by atoms with Crippen LogP contribution in [0.5, 0.6) is 0 Å². The number of rotatable bonds is 5. The molecule has 0 spiro atoms. The third-order valence-electron chi connectivity index (χ3n) is 4.00. The highest BCUT2D eigenvalue weighted by atomic mass is 32.2. The molecule has 0 radical (unpaired) electrons. The lowest BCUT2D eigenvalue weighted by Crippen LogP contribution is -2.31. The van der Waals surface area contributed by atoms with E-state index in [0.717, 1.165) is 5.56 Å². The van der Waals surface area contributed by atoms with E-state index in [1.165, 1.54) is 18.9 Å². The van der Waals surface area contributed by atoms with Gasteiger partial charge in [0.2, 0.25) is 0 Å². The number of ether oxygens (including phenoxy) is 1. The molecule has 8 heteroatoms. The lowest BCUT2D eigenvalue weighted by molar-refractivity contribution is -0.136. The Morgan fingerprint density at radius 1 is 1.42 bits per heavy atom. The fourth-order valence-electron chi connectivity index (χ4n) is 2.91. The van der Waals surface area contributed by atoms with Gasteiger partial charge in [0.1, 0.15) is 5.82 Å². The van der Waals surface area contributed by atoms with Crippen molar-refractivity contribution in [2.24, 2.45) is 0 Å². The Morgan fingerprint density at radius 2 is 2.15 bits per heavy atom. The average molecular weight is 370 g/mol. The molecule has 0 bridgehead atoms. The van der Waals surface area contributed by atoms with Crippen molar-refractivity contribution in [3.05, 3.63) is 69.9 Å². The first-order valence-corrected chi connectivity index (χ1v) is 8.89. The molecular weight excluding hydrogens is 352 g/mol. The standard InChI is InChI=1S/C18H18N4O3S/c1-4-9-26-18-21-15-14(16(23)22-18)13(11-5-7-19-8-6-11)12(10(2)20-15)17(24)25-3/h4-8,13H,1,9H2,2-3H3,(H2,20,21,22,23). The summed E-state index contributed by atoms with van der Waals surface area (Å²) in [5, 5.41) is 3.57. The van der Waals surface area contributed by atoms with Crippen LogP contribution in [-0.4, -0.2) is 33.8 Å². The molecule has 1 aliphatic heterocycles. The van der Waals surface area contributed by atoms with Crippen molar-refractivity contribution in [3.63, 3.8) is 0 Å². The van der Waals surface area contributed by atoms with E-state index in [4.69, 9.17) is 4.74 Å². The molecule has 26 heavy (non-hydrogen) atoms. The quantitative estimate of drug-likeness (QED) is 0.361. The first-order valence-electron chi connectivity index (χ1n) is 7.90. The number of carbonyl (C=O) groups is 1. The van der Waals surface area contributed by atoms with Gasteiger partial charge in [0, 0.05) is 23.8 Å². The highest BCUT2D eigenvalue weighted by Gasteiger charge is 2.36. The lowest BCUT2D eigenvalue weighted by Gasteiger charge is -2.28. The number of aromatic nitrogens is 3. The van der Waals surface area contributed by atoms with Gasteiger partial charge in [-0.25, -0.2) is 9.78 Å². The number of fused-ring (bicyclic) bond motifs is 1. The molecule has 3 heterocycles. The van der Waals surface area contributed by atoms with Gasteiger partial charge in [-0.05, 0) is 24.6 Å². The molecule has 0 aromatic carbocycles. The fraction of sp³-hybridized carbons (Fsp3) is 0.222. The van der Waals surface area contributed by atoms with Crippen molar-refractivity contribution in [1.29, 1.82) is 0 Å². The number of allylic oxidation sites excluding steroid dienone is 1. The second-order valence-electron chi connectivity index (χ2n) is 5.60. The molecule has 3 rings (SSSR count). The number of nitrogens with zero attached hydrogens (tertiary/aromatic N) is 2. The Labute approximate surface area is 154 Å². The summed E-state index contributed by atoms with van der Waals surface area (Å²) < 4.78 is 4.94. The van der Waals surface area contributed by atoms with E-state index in [9.17, 15) is 9.59 Å². The molecule has 1 aliphatic rings. The number of carbonyl (C=O) groups excluding carboxylic acids is 1. The highest BCUT2D eigenvalue weighted by Crippen LogP contribution is 2.39. The number of H-pyrrole nitrogens is 1. The van der Waals surface area contributed by atoms with E-state index in [0.29, 0.717) is 33.6 Å². The van der Waals surface area contributed by atoms with Crippen molar-refractivity contribution in [3.8, 4) is 0 Å². The van der Waals surface area contributed by atoms with Crippen LogP contribution >= 0.6 is 11.8 Å². The third-order valence-corrected chi connectivity index (χ3v) is 4.87. The van der Waals surface area contributed by atoms with Gasteiger partial charge < -0.3 is 15.0 Å². The largest absolute Gasteiger partial charge is 0.466 e. The van der Waals surface area contributed by atoms with Crippen LogP contribution in [0.3, 0.4) is 0 Å². The second-order valence-corrected chi connectivity index (χ2v) is 6.61. The molecule has 0 amide bonds. The summed E-state index contributed by atoms with van der Waals surface area (Å²) >= 11 is 1.37. The van der Waals surface area contributed by atoms with Crippen LogP contribution in [0, 0.1) is 0 Å². The predicted octanol–water partition coefficient (Wildman–Crippen LogP) is 2.45. The number of methoxy groups -OCH3 is 1. The minimum Gasteiger partial charge on any atom is -0.466 e. The molecule has 0 saturated heterocycles. The molecule has 134 valence electrons. The summed E-state index contributed by atoms with van der Waals surface area (Å²) in [6.07, 6.45) is 4.98. The van der Waals surface area contributed by atoms with Crippen molar-refractivity contribution < 1.29 is 9.53 Å². The lowest BCUT2D eigenvalue weighted by atomic mass is 9.83. The second kappa shape index (κ2) is 7.57. The average Bonchev–Trinajstić information content (AvgIpc) is 2.65. The number of nitrogens with one attached hydrogen (secondary N) is 2. The van der Waals surface area contributed by atoms with Crippen molar-refractivity contribution in [2.45, 2.75) is 18.0 Å². The number of pyridine rings is 1. The number of aromatic amines is 1. The zero-order valence-corrected chi connectivity index (χ0v) is 15.2. The molecule has 1 unspecified atom stereocenters. The minimum absolute atomic E-state index is 0.301.